The van der Waals surface area contributed by atoms with Gasteiger partial charge in [-0.1, -0.05) is 12.1 Å². The monoisotopic (exact) mass is 476 g/mol. The smallest absolute Gasteiger partial charge is 0.258 e. The number of carbonyl (C=O) groups is 2. The average molecular weight is 476 g/mol. The molecule has 2 amide bonds. The Morgan fingerprint density at radius 3 is 2.46 bits per heavy atom. The first-order valence-electron chi connectivity index (χ1n) is 10.4. The molecule has 10 nitrogen and oxygen atoms in total. The van der Waals surface area contributed by atoms with Gasteiger partial charge in [-0.15, -0.1) is 10.2 Å². The zero-order chi connectivity index (χ0) is 24.8. The predicted octanol–water partition coefficient (Wildman–Crippen LogP) is 3.39. The summed E-state index contributed by atoms with van der Waals surface area (Å²) in [6, 6.07) is 17.4. The molecule has 0 aliphatic heterocycles. The number of tetrazole rings is 1. The van der Waals surface area contributed by atoms with Gasteiger partial charge in [-0.3, -0.25) is 9.59 Å². The molecule has 0 saturated heterocycles. The number of halogens is 1. The van der Waals surface area contributed by atoms with Gasteiger partial charge in [0.1, 0.15) is 23.9 Å². The number of nitrogens with one attached hydrogen (secondary N) is 2. The first kappa shape index (κ1) is 23.4. The second-order valence-electron chi connectivity index (χ2n) is 7.27. The number of methoxy groups -OCH3 is 2. The second-order valence-corrected chi connectivity index (χ2v) is 7.27. The van der Waals surface area contributed by atoms with E-state index in [2.05, 4.69) is 26.0 Å². The van der Waals surface area contributed by atoms with E-state index in [4.69, 9.17) is 9.47 Å². The summed E-state index contributed by atoms with van der Waals surface area (Å²) in [4.78, 5) is 25.9. The van der Waals surface area contributed by atoms with Gasteiger partial charge in [-0.25, -0.2) is 4.39 Å². The quantitative estimate of drug-likeness (QED) is 0.400. The van der Waals surface area contributed by atoms with E-state index in [9.17, 15) is 14.0 Å². The van der Waals surface area contributed by atoms with Gasteiger partial charge in [-0.2, -0.15) is 4.80 Å². The van der Waals surface area contributed by atoms with E-state index in [-0.39, 0.29) is 18.0 Å². The van der Waals surface area contributed by atoms with Crippen molar-refractivity contribution in [2.75, 3.05) is 24.9 Å². The van der Waals surface area contributed by atoms with E-state index < -0.39 is 11.7 Å². The first-order chi connectivity index (χ1) is 17.0. The molecule has 4 rings (SSSR count). The zero-order valence-electron chi connectivity index (χ0n) is 18.9. The highest BCUT2D eigenvalue weighted by Crippen LogP contribution is 2.29. The summed E-state index contributed by atoms with van der Waals surface area (Å²) >= 11 is 0. The van der Waals surface area contributed by atoms with Crippen molar-refractivity contribution in [1.29, 1.82) is 0 Å². The van der Waals surface area contributed by atoms with Crippen molar-refractivity contribution in [3.8, 4) is 22.9 Å². The molecule has 0 unspecified atom stereocenters. The van der Waals surface area contributed by atoms with E-state index >= 15 is 0 Å². The normalized spacial score (nSPS) is 10.5. The maximum atomic E-state index is 13.8. The zero-order valence-corrected chi connectivity index (χ0v) is 18.9. The molecule has 11 heteroatoms. The van der Waals surface area contributed by atoms with Crippen molar-refractivity contribution >= 4 is 23.2 Å². The maximum absolute atomic E-state index is 13.8. The number of nitrogens with zero attached hydrogens (tertiary/aromatic N) is 4. The van der Waals surface area contributed by atoms with Gasteiger partial charge in [0, 0.05) is 17.3 Å². The highest BCUT2D eigenvalue weighted by Gasteiger charge is 2.14. The van der Waals surface area contributed by atoms with Crippen molar-refractivity contribution in [3.63, 3.8) is 0 Å². The number of ether oxygens (including phenoxy) is 2. The molecule has 0 aliphatic carbocycles. The molecule has 3 aromatic carbocycles. The Bertz CT molecular complexity index is 1360. The third-order valence-corrected chi connectivity index (χ3v) is 4.94. The lowest BCUT2D eigenvalue weighted by molar-refractivity contribution is -0.117. The largest absolute Gasteiger partial charge is 0.497 e. The number of hydrogen-bond donors (Lipinski definition) is 2. The van der Waals surface area contributed by atoms with Crippen molar-refractivity contribution in [1.82, 2.24) is 20.2 Å². The topological polar surface area (TPSA) is 120 Å². The van der Waals surface area contributed by atoms with Crippen LogP contribution in [0.15, 0.2) is 66.7 Å². The van der Waals surface area contributed by atoms with Gasteiger partial charge in [0.15, 0.2) is 0 Å². The van der Waals surface area contributed by atoms with E-state index in [0.29, 0.717) is 34.3 Å². The second kappa shape index (κ2) is 10.4. The van der Waals surface area contributed by atoms with E-state index in [1.807, 2.05) is 0 Å². The number of aromatic nitrogens is 4. The number of anilines is 2. The Morgan fingerprint density at radius 1 is 0.971 bits per heavy atom. The number of rotatable bonds is 8. The highest BCUT2D eigenvalue weighted by atomic mass is 19.1. The van der Waals surface area contributed by atoms with Crippen LogP contribution in [0.3, 0.4) is 0 Å². The third-order valence-electron chi connectivity index (χ3n) is 4.94. The first-order valence-corrected chi connectivity index (χ1v) is 10.4. The minimum Gasteiger partial charge on any atom is -0.497 e. The fourth-order valence-electron chi connectivity index (χ4n) is 3.19. The van der Waals surface area contributed by atoms with Gasteiger partial charge >= 0.3 is 0 Å². The van der Waals surface area contributed by atoms with Crippen LogP contribution in [0.2, 0.25) is 0 Å². The van der Waals surface area contributed by atoms with Crippen LogP contribution in [-0.2, 0) is 11.3 Å². The maximum Gasteiger partial charge on any atom is 0.258 e. The number of carbonyl (C=O) groups excluding carboxylic acids is 2. The number of hydrogen-bond acceptors (Lipinski definition) is 7. The van der Waals surface area contributed by atoms with E-state index in [1.165, 1.54) is 32.4 Å². The molecular weight excluding hydrogens is 455 g/mol. The van der Waals surface area contributed by atoms with Crippen LogP contribution >= 0.6 is 0 Å². The molecule has 178 valence electrons. The van der Waals surface area contributed by atoms with E-state index in [1.54, 1.807) is 48.5 Å². The average Bonchev–Trinajstić information content (AvgIpc) is 3.33. The van der Waals surface area contributed by atoms with Crippen LogP contribution in [0, 0.1) is 5.82 Å². The summed E-state index contributed by atoms with van der Waals surface area (Å²) in [5, 5.41) is 17.5. The van der Waals surface area contributed by atoms with Crippen LogP contribution in [0.25, 0.3) is 11.4 Å². The molecule has 0 aliphatic rings. The fourth-order valence-corrected chi connectivity index (χ4v) is 3.19. The van der Waals surface area contributed by atoms with Crippen LogP contribution in [-0.4, -0.2) is 46.2 Å². The summed E-state index contributed by atoms with van der Waals surface area (Å²) in [5.74, 6) is -0.181. The molecule has 0 radical (unpaired) electrons. The van der Waals surface area contributed by atoms with Crippen molar-refractivity contribution in [2.24, 2.45) is 0 Å². The Kier molecular flexibility index (Phi) is 6.96. The Labute approximate surface area is 199 Å². The van der Waals surface area contributed by atoms with Crippen LogP contribution < -0.4 is 20.1 Å². The molecule has 4 aromatic rings. The van der Waals surface area contributed by atoms with Gasteiger partial charge in [-0.05, 0) is 53.7 Å². The van der Waals surface area contributed by atoms with E-state index in [0.717, 1.165) is 4.80 Å². The van der Waals surface area contributed by atoms with Crippen LogP contribution in [0.1, 0.15) is 10.4 Å². The fraction of sp³-hybridized carbons (Fsp3) is 0.125. The van der Waals surface area contributed by atoms with Gasteiger partial charge < -0.3 is 20.1 Å². The summed E-state index contributed by atoms with van der Waals surface area (Å²) in [6.45, 7) is -0.168. The van der Waals surface area contributed by atoms with Gasteiger partial charge in [0.05, 0.1) is 25.5 Å². The van der Waals surface area contributed by atoms with Crippen molar-refractivity contribution in [3.05, 3.63) is 78.1 Å². The third kappa shape index (κ3) is 5.58. The summed E-state index contributed by atoms with van der Waals surface area (Å²) in [6.07, 6.45) is 0. The summed E-state index contributed by atoms with van der Waals surface area (Å²) in [7, 11) is 3.03. The lowest BCUT2D eigenvalue weighted by atomic mass is 10.1. The summed E-state index contributed by atoms with van der Waals surface area (Å²) < 4.78 is 24.2. The van der Waals surface area contributed by atoms with Gasteiger partial charge in [0.2, 0.25) is 11.7 Å². The standard InChI is InChI=1S/C24H21FN6O4/c1-34-17-11-12-20(21(13-17)35-2)27-22(32)14-31-29-23(28-30-31)15-7-9-16(10-8-15)26-24(33)18-5-3-4-6-19(18)25/h3-13H,14H2,1-2H3,(H,26,33)(H,27,32). The molecular formula is C24H21FN6O4. The Hall–Kier alpha value is -4.80. The van der Waals surface area contributed by atoms with Crippen LogP contribution in [0.4, 0.5) is 15.8 Å². The summed E-state index contributed by atoms with van der Waals surface area (Å²) in [5.41, 5.74) is 1.53. The molecule has 35 heavy (non-hydrogen) atoms. The molecule has 0 spiro atoms. The highest BCUT2D eigenvalue weighted by molar-refractivity contribution is 6.04. The SMILES string of the molecule is COc1ccc(NC(=O)Cn2nnc(-c3ccc(NC(=O)c4ccccc4F)cc3)n2)c(OC)c1. The number of benzene rings is 3. The molecule has 0 atom stereocenters. The molecule has 0 bridgehead atoms. The number of amides is 2. The minimum absolute atomic E-state index is 0.0493. The minimum atomic E-state index is -0.600. The lowest BCUT2D eigenvalue weighted by Crippen LogP contribution is -2.20. The lowest BCUT2D eigenvalue weighted by Gasteiger charge is -2.11. The van der Waals surface area contributed by atoms with Crippen molar-refractivity contribution in [2.45, 2.75) is 6.54 Å². The molecule has 0 fully saturated rings. The van der Waals surface area contributed by atoms with Crippen LogP contribution in [0.5, 0.6) is 11.5 Å². The molecule has 1 heterocycles. The van der Waals surface area contributed by atoms with Gasteiger partial charge in [0.25, 0.3) is 5.91 Å². The molecule has 2 N–H and O–H groups in total. The Balaban J connectivity index is 1.38. The molecule has 1 aromatic heterocycles. The van der Waals surface area contributed by atoms with Crippen molar-refractivity contribution < 1.29 is 23.5 Å². The molecule has 0 saturated carbocycles. The predicted molar refractivity (Wildman–Crippen MR) is 126 cm³/mol. The Morgan fingerprint density at radius 2 is 1.74 bits per heavy atom.